The van der Waals surface area contributed by atoms with E-state index in [1.54, 1.807) is 12.1 Å². The van der Waals surface area contributed by atoms with Gasteiger partial charge in [0.25, 0.3) is 0 Å². The number of carbonyl (C=O) groups is 1. The van der Waals surface area contributed by atoms with Gasteiger partial charge in [-0.1, -0.05) is 49.8 Å². The third kappa shape index (κ3) is 11.7. The summed E-state index contributed by atoms with van der Waals surface area (Å²) in [5.74, 6) is 1.15. The van der Waals surface area contributed by atoms with Gasteiger partial charge >= 0.3 is 5.97 Å². The van der Waals surface area contributed by atoms with E-state index in [0.29, 0.717) is 24.8 Å². The first-order valence-electron chi connectivity index (χ1n) is 16.9. The summed E-state index contributed by atoms with van der Waals surface area (Å²) in [5, 5.41) is 31.4. The number of carboxylic acid groups (broad SMARTS) is 1. The summed E-state index contributed by atoms with van der Waals surface area (Å²) in [4.78, 5) is 15.1. The fourth-order valence-electron chi connectivity index (χ4n) is 6.92. The topological polar surface area (TPSA) is 103 Å². The van der Waals surface area contributed by atoms with Gasteiger partial charge in [0.1, 0.15) is 13.2 Å². The molecule has 250 valence electrons. The van der Waals surface area contributed by atoms with Crippen molar-refractivity contribution in [1.82, 2.24) is 9.80 Å². The highest BCUT2D eigenvalue weighted by molar-refractivity contribution is 6.30. The first-order chi connectivity index (χ1) is 21.8. The molecule has 2 aliphatic heterocycles. The number of β-amino-alcohol motifs (C(OH)–C–C–N with tert-alkyl or cyclic N) is 1. The number of ether oxygens (including phenoxy) is 2. The molecule has 2 heterocycles. The van der Waals surface area contributed by atoms with Crippen LogP contribution >= 0.6 is 11.6 Å². The third-order valence-corrected chi connectivity index (χ3v) is 9.70. The Hall–Kier alpha value is -2.36. The molecule has 1 saturated carbocycles. The normalized spacial score (nSPS) is 25.2. The minimum absolute atomic E-state index is 0.140. The molecule has 4 unspecified atom stereocenters. The van der Waals surface area contributed by atoms with Gasteiger partial charge in [-0.25, -0.2) is 4.79 Å². The summed E-state index contributed by atoms with van der Waals surface area (Å²) >= 11 is 5.52. The number of aliphatic hydroxyl groups excluding tert-OH is 2. The Morgan fingerprint density at radius 3 is 2.29 bits per heavy atom. The van der Waals surface area contributed by atoms with Gasteiger partial charge in [-0.3, -0.25) is 0 Å². The number of hydrogen-bond donors (Lipinski definition) is 3. The summed E-state index contributed by atoms with van der Waals surface area (Å²) in [6.07, 6.45) is 11.8. The maximum atomic E-state index is 11.3. The molecule has 0 amide bonds. The zero-order valence-corrected chi connectivity index (χ0v) is 27.7. The van der Waals surface area contributed by atoms with Crippen molar-refractivity contribution in [2.24, 2.45) is 11.8 Å². The lowest BCUT2D eigenvalue weighted by Gasteiger charge is -2.37. The molecule has 0 radical (unpaired) electrons. The number of aromatic carboxylic acids is 1. The van der Waals surface area contributed by atoms with E-state index in [1.807, 2.05) is 6.07 Å². The standard InChI is InChI=1S/C29H48N2O4.C7H5ClO2/c1-30-15-9-17-31(16-8-7-10-23-13-14-28-29(20-23)35-19-18-34-28)21-25(27(33)22-30)24-11-5-3-2-4-6-12-26(24)32;8-6-3-1-5(2-4-6)7(9)10/h13-14,20,24-27,32-33H,2-12,15-19,21-22H2,1H3;1-4H,(H,9,10). The fraction of sp³-hybridized carbons (Fsp3) is 0.639. The molecule has 45 heavy (non-hydrogen) atoms. The minimum atomic E-state index is -0.934. The lowest BCUT2D eigenvalue weighted by atomic mass is 9.78. The summed E-state index contributed by atoms with van der Waals surface area (Å²) in [7, 11) is 2.13. The molecule has 5 rings (SSSR count). The van der Waals surface area contributed by atoms with Crippen LogP contribution in [0.15, 0.2) is 42.5 Å². The van der Waals surface area contributed by atoms with Gasteiger partial charge in [0.15, 0.2) is 11.5 Å². The predicted molar refractivity (Wildman–Crippen MR) is 179 cm³/mol. The highest BCUT2D eigenvalue weighted by atomic mass is 35.5. The van der Waals surface area contributed by atoms with Crippen LogP contribution in [-0.2, 0) is 6.42 Å². The Morgan fingerprint density at radius 1 is 0.822 bits per heavy atom. The van der Waals surface area contributed by atoms with Crippen LogP contribution in [0.4, 0.5) is 0 Å². The zero-order valence-electron chi connectivity index (χ0n) is 26.9. The monoisotopic (exact) mass is 644 g/mol. The number of aliphatic hydroxyl groups is 2. The van der Waals surface area contributed by atoms with Crippen molar-refractivity contribution in [3.05, 3.63) is 58.6 Å². The average molecular weight is 645 g/mol. The molecule has 8 nitrogen and oxygen atoms in total. The number of hydrogen-bond acceptors (Lipinski definition) is 7. The van der Waals surface area contributed by atoms with Gasteiger partial charge in [0.2, 0.25) is 0 Å². The molecule has 2 aromatic rings. The Bertz CT molecular complexity index is 1160. The van der Waals surface area contributed by atoms with Crippen molar-refractivity contribution >= 4 is 17.6 Å². The molecule has 1 aliphatic carbocycles. The molecule has 3 N–H and O–H groups in total. The summed E-state index contributed by atoms with van der Waals surface area (Å²) < 4.78 is 11.4. The summed E-state index contributed by atoms with van der Waals surface area (Å²) in [5.41, 5.74) is 1.56. The second kappa shape index (κ2) is 18.7. The smallest absolute Gasteiger partial charge is 0.335 e. The number of carboxylic acids is 1. The highest BCUT2D eigenvalue weighted by Gasteiger charge is 2.35. The molecule has 1 saturated heterocycles. The van der Waals surface area contributed by atoms with Gasteiger partial charge in [-0.05, 0) is 113 Å². The Balaban J connectivity index is 0.000000392. The van der Waals surface area contributed by atoms with Crippen LogP contribution < -0.4 is 9.47 Å². The number of rotatable bonds is 7. The van der Waals surface area contributed by atoms with Crippen LogP contribution in [0, 0.1) is 11.8 Å². The molecule has 9 heteroatoms. The molecule has 0 bridgehead atoms. The van der Waals surface area contributed by atoms with Crippen molar-refractivity contribution in [3.63, 3.8) is 0 Å². The molecular formula is C36H53ClN2O6. The highest BCUT2D eigenvalue weighted by Crippen LogP contribution is 2.33. The van der Waals surface area contributed by atoms with E-state index in [1.165, 1.54) is 43.4 Å². The molecule has 2 aromatic carbocycles. The van der Waals surface area contributed by atoms with E-state index in [9.17, 15) is 15.0 Å². The number of benzene rings is 2. The van der Waals surface area contributed by atoms with E-state index in [-0.39, 0.29) is 29.6 Å². The molecular weight excluding hydrogens is 592 g/mol. The lowest BCUT2D eigenvalue weighted by molar-refractivity contribution is -0.0216. The Morgan fingerprint density at radius 2 is 1.53 bits per heavy atom. The quantitative estimate of drug-likeness (QED) is 0.308. The van der Waals surface area contributed by atoms with E-state index < -0.39 is 5.97 Å². The number of unbranched alkanes of at least 4 members (excludes halogenated alkanes) is 1. The van der Waals surface area contributed by atoms with Gasteiger partial charge in [0, 0.05) is 24.0 Å². The van der Waals surface area contributed by atoms with Crippen LogP contribution in [0.2, 0.25) is 5.02 Å². The first-order valence-corrected chi connectivity index (χ1v) is 17.3. The Kier molecular flexibility index (Phi) is 14.8. The van der Waals surface area contributed by atoms with Gasteiger partial charge in [-0.15, -0.1) is 0 Å². The van der Waals surface area contributed by atoms with Crippen LogP contribution in [0.1, 0.15) is 80.1 Å². The van der Waals surface area contributed by atoms with Gasteiger partial charge in [0.05, 0.1) is 17.8 Å². The average Bonchev–Trinajstić information content (AvgIpc) is 3.17. The van der Waals surface area contributed by atoms with Crippen LogP contribution in [0.3, 0.4) is 0 Å². The van der Waals surface area contributed by atoms with Crippen molar-refractivity contribution in [3.8, 4) is 11.5 Å². The maximum Gasteiger partial charge on any atom is 0.335 e. The number of aryl methyl sites for hydroxylation is 1. The molecule has 0 aromatic heterocycles. The number of nitrogens with zero attached hydrogens (tertiary/aromatic N) is 2. The largest absolute Gasteiger partial charge is 0.486 e. The van der Waals surface area contributed by atoms with Crippen molar-refractivity contribution in [1.29, 1.82) is 0 Å². The minimum Gasteiger partial charge on any atom is -0.486 e. The second-order valence-electron chi connectivity index (χ2n) is 13.0. The molecule has 4 atom stereocenters. The van der Waals surface area contributed by atoms with E-state index in [4.69, 9.17) is 26.2 Å². The van der Waals surface area contributed by atoms with Gasteiger partial charge < -0.3 is 34.6 Å². The number of fused-ring (bicyclic) bond motifs is 1. The molecule has 0 spiro atoms. The lowest BCUT2D eigenvalue weighted by Crippen LogP contribution is -2.45. The van der Waals surface area contributed by atoms with Gasteiger partial charge in [-0.2, -0.15) is 0 Å². The summed E-state index contributed by atoms with van der Waals surface area (Å²) in [6.45, 7) is 6.02. The van der Waals surface area contributed by atoms with Crippen LogP contribution in [0.25, 0.3) is 0 Å². The van der Waals surface area contributed by atoms with Crippen molar-refractivity contribution in [2.45, 2.75) is 82.8 Å². The van der Waals surface area contributed by atoms with E-state index in [0.717, 1.165) is 82.6 Å². The summed E-state index contributed by atoms with van der Waals surface area (Å²) in [6, 6.07) is 12.4. The fourth-order valence-corrected chi connectivity index (χ4v) is 7.04. The van der Waals surface area contributed by atoms with Crippen molar-refractivity contribution < 1.29 is 29.6 Å². The molecule has 3 aliphatic rings. The van der Waals surface area contributed by atoms with E-state index >= 15 is 0 Å². The number of halogens is 1. The van der Waals surface area contributed by atoms with Crippen molar-refractivity contribution in [2.75, 3.05) is 53.0 Å². The van der Waals surface area contributed by atoms with Crippen LogP contribution in [0.5, 0.6) is 11.5 Å². The number of likely N-dealkylation sites (N-methyl/N-ethyl adjacent to an activating group) is 1. The predicted octanol–water partition coefficient (Wildman–Crippen LogP) is 6.15. The first kappa shape index (κ1) is 35.5. The van der Waals surface area contributed by atoms with E-state index in [2.05, 4.69) is 29.0 Å². The Labute approximate surface area is 274 Å². The second-order valence-corrected chi connectivity index (χ2v) is 13.4. The SMILES string of the molecule is CN1CCCN(CCCCc2ccc3c(c2)OCCO3)CC(C2CCCCCCCC2O)C(O)C1.O=C(O)c1ccc(Cl)cc1. The molecule has 2 fully saturated rings. The van der Waals surface area contributed by atoms with Crippen LogP contribution in [-0.4, -0.2) is 96.3 Å². The third-order valence-electron chi connectivity index (χ3n) is 9.45. The maximum absolute atomic E-state index is 11.3. The zero-order chi connectivity index (χ0) is 32.0.